The number of amides is 1. The van der Waals surface area contributed by atoms with Crippen LogP contribution in [-0.2, 0) is 0 Å². The van der Waals surface area contributed by atoms with E-state index in [4.69, 9.17) is 4.74 Å². The molecule has 2 aromatic rings. The van der Waals surface area contributed by atoms with Crippen LogP contribution in [0.3, 0.4) is 0 Å². The summed E-state index contributed by atoms with van der Waals surface area (Å²) in [5, 5.41) is 3.49. The lowest BCUT2D eigenvalue weighted by Gasteiger charge is -2.38. The van der Waals surface area contributed by atoms with Crippen LogP contribution < -0.4 is 10.1 Å². The Hall–Kier alpha value is -1.98. The van der Waals surface area contributed by atoms with Gasteiger partial charge >= 0.3 is 0 Å². The SMILES string of the molecule is COc1ccc(-n2c(C)cc(C(=O)N3CCC4(CCNC4)CC3)c2C)cc1.Cl. The number of halogens is 1. The van der Waals surface area contributed by atoms with Gasteiger partial charge in [-0.1, -0.05) is 0 Å². The number of aromatic nitrogens is 1. The number of methoxy groups -OCH3 is 1. The van der Waals surface area contributed by atoms with Crippen molar-refractivity contribution < 1.29 is 9.53 Å². The zero-order valence-electron chi connectivity index (χ0n) is 17.0. The Labute approximate surface area is 173 Å². The van der Waals surface area contributed by atoms with Crippen molar-refractivity contribution in [1.29, 1.82) is 0 Å². The second-order valence-corrected chi connectivity index (χ2v) is 8.04. The molecule has 2 saturated heterocycles. The van der Waals surface area contributed by atoms with E-state index in [2.05, 4.69) is 16.8 Å². The Morgan fingerprint density at radius 1 is 1.11 bits per heavy atom. The van der Waals surface area contributed by atoms with Gasteiger partial charge in [0, 0.05) is 36.7 Å². The summed E-state index contributed by atoms with van der Waals surface area (Å²) < 4.78 is 7.41. The standard InChI is InChI=1S/C22H29N3O2.ClH/c1-16-14-20(17(2)25(16)18-4-6-19(27-3)7-5-18)21(26)24-12-9-22(10-13-24)8-11-23-15-22;/h4-7,14,23H,8-13,15H2,1-3H3;1H. The minimum atomic E-state index is 0. The van der Waals surface area contributed by atoms with Crippen LogP contribution in [-0.4, -0.2) is 48.7 Å². The largest absolute Gasteiger partial charge is 0.497 e. The van der Waals surface area contributed by atoms with Gasteiger partial charge in [0.05, 0.1) is 12.7 Å². The van der Waals surface area contributed by atoms with E-state index in [0.717, 1.165) is 67.4 Å². The van der Waals surface area contributed by atoms with Crippen molar-refractivity contribution in [3.05, 3.63) is 47.3 Å². The molecule has 1 spiro atoms. The number of hydrogen-bond donors (Lipinski definition) is 1. The number of carbonyl (C=O) groups excluding carboxylic acids is 1. The number of ether oxygens (including phenoxy) is 1. The number of aryl methyl sites for hydroxylation is 1. The van der Waals surface area contributed by atoms with Crippen molar-refractivity contribution in [3.63, 3.8) is 0 Å². The van der Waals surface area contributed by atoms with E-state index >= 15 is 0 Å². The second-order valence-electron chi connectivity index (χ2n) is 8.04. The zero-order valence-corrected chi connectivity index (χ0v) is 17.8. The normalized spacial score (nSPS) is 18.2. The van der Waals surface area contributed by atoms with Crippen LogP contribution in [0.5, 0.6) is 5.75 Å². The van der Waals surface area contributed by atoms with Crippen molar-refractivity contribution in [3.8, 4) is 11.4 Å². The second kappa shape index (κ2) is 8.18. The zero-order chi connectivity index (χ0) is 19.0. The predicted octanol–water partition coefficient (Wildman–Crippen LogP) is 3.74. The monoisotopic (exact) mass is 403 g/mol. The number of nitrogens with one attached hydrogen (secondary N) is 1. The molecule has 5 nitrogen and oxygen atoms in total. The molecule has 0 saturated carbocycles. The molecule has 0 atom stereocenters. The Bertz CT molecular complexity index is 828. The number of nitrogens with zero attached hydrogens (tertiary/aromatic N) is 2. The summed E-state index contributed by atoms with van der Waals surface area (Å²) in [4.78, 5) is 15.2. The molecule has 4 rings (SSSR count). The van der Waals surface area contributed by atoms with Gasteiger partial charge in [0.1, 0.15) is 5.75 Å². The molecular formula is C22H30ClN3O2. The maximum Gasteiger partial charge on any atom is 0.255 e. The highest BCUT2D eigenvalue weighted by molar-refractivity contribution is 5.96. The first-order valence-corrected chi connectivity index (χ1v) is 9.86. The van der Waals surface area contributed by atoms with E-state index in [-0.39, 0.29) is 18.3 Å². The number of rotatable bonds is 3. The summed E-state index contributed by atoms with van der Waals surface area (Å²) in [7, 11) is 1.67. The first-order valence-electron chi connectivity index (χ1n) is 9.86. The fourth-order valence-corrected chi connectivity index (χ4v) is 4.68. The highest BCUT2D eigenvalue weighted by atomic mass is 35.5. The van der Waals surface area contributed by atoms with E-state index in [1.54, 1.807) is 7.11 Å². The van der Waals surface area contributed by atoms with E-state index in [1.807, 2.05) is 42.2 Å². The van der Waals surface area contributed by atoms with Crippen LogP contribution in [0.25, 0.3) is 5.69 Å². The van der Waals surface area contributed by atoms with E-state index < -0.39 is 0 Å². The molecule has 0 bridgehead atoms. The molecule has 1 N–H and O–H groups in total. The lowest BCUT2D eigenvalue weighted by molar-refractivity contribution is 0.0607. The maximum absolute atomic E-state index is 13.2. The number of likely N-dealkylation sites (tertiary alicyclic amines) is 1. The molecule has 2 fully saturated rings. The van der Waals surface area contributed by atoms with Gasteiger partial charge in [-0.05, 0) is 75.4 Å². The first-order chi connectivity index (χ1) is 13.0. The molecule has 0 unspecified atom stereocenters. The van der Waals surface area contributed by atoms with Crippen molar-refractivity contribution in [2.45, 2.75) is 33.1 Å². The van der Waals surface area contributed by atoms with Crippen LogP contribution in [0.15, 0.2) is 30.3 Å². The lowest BCUT2D eigenvalue weighted by Crippen LogP contribution is -2.44. The summed E-state index contributed by atoms with van der Waals surface area (Å²) in [6.45, 7) is 8.07. The van der Waals surface area contributed by atoms with Gasteiger partial charge < -0.3 is 19.5 Å². The Morgan fingerprint density at radius 2 is 1.79 bits per heavy atom. The van der Waals surface area contributed by atoms with Crippen LogP contribution in [0.4, 0.5) is 0 Å². The van der Waals surface area contributed by atoms with E-state index in [9.17, 15) is 4.79 Å². The van der Waals surface area contributed by atoms with Gasteiger partial charge in [0.25, 0.3) is 5.91 Å². The summed E-state index contributed by atoms with van der Waals surface area (Å²) in [6.07, 6.45) is 3.48. The van der Waals surface area contributed by atoms with Gasteiger partial charge in [-0.25, -0.2) is 0 Å². The summed E-state index contributed by atoms with van der Waals surface area (Å²) in [5.74, 6) is 1.00. The molecule has 3 heterocycles. The molecular weight excluding hydrogens is 374 g/mol. The maximum atomic E-state index is 13.2. The topological polar surface area (TPSA) is 46.5 Å². The highest BCUT2D eigenvalue weighted by Gasteiger charge is 2.38. The third-order valence-electron chi connectivity index (χ3n) is 6.44. The van der Waals surface area contributed by atoms with Gasteiger partial charge in [0.15, 0.2) is 0 Å². The summed E-state index contributed by atoms with van der Waals surface area (Å²) in [6, 6.07) is 10.0. The lowest BCUT2D eigenvalue weighted by atomic mass is 9.78. The highest BCUT2D eigenvalue weighted by Crippen LogP contribution is 2.37. The molecule has 6 heteroatoms. The van der Waals surface area contributed by atoms with Crippen molar-refractivity contribution in [2.24, 2.45) is 5.41 Å². The molecule has 152 valence electrons. The van der Waals surface area contributed by atoms with Gasteiger partial charge in [0.2, 0.25) is 0 Å². The van der Waals surface area contributed by atoms with Crippen LogP contribution in [0, 0.1) is 19.3 Å². The Balaban J connectivity index is 0.00000225. The van der Waals surface area contributed by atoms with Crippen LogP contribution in [0.2, 0.25) is 0 Å². The molecule has 0 aliphatic carbocycles. The summed E-state index contributed by atoms with van der Waals surface area (Å²) in [5.41, 5.74) is 4.39. The van der Waals surface area contributed by atoms with Crippen molar-refractivity contribution in [2.75, 3.05) is 33.3 Å². The van der Waals surface area contributed by atoms with Gasteiger partial charge in [-0.3, -0.25) is 4.79 Å². The van der Waals surface area contributed by atoms with Crippen molar-refractivity contribution >= 4 is 18.3 Å². The molecule has 28 heavy (non-hydrogen) atoms. The van der Waals surface area contributed by atoms with Gasteiger partial charge in [-0.15, -0.1) is 12.4 Å². The molecule has 0 radical (unpaired) electrons. The Kier molecular flexibility index (Phi) is 6.06. The molecule has 2 aliphatic rings. The predicted molar refractivity (Wildman–Crippen MR) is 114 cm³/mol. The molecule has 1 amide bonds. The summed E-state index contributed by atoms with van der Waals surface area (Å²) >= 11 is 0. The molecule has 1 aromatic heterocycles. The van der Waals surface area contributed by atoms with Gasteiger partial charge in [-0.2, -0.15) is 0 Å². The number of carbonyl (C=O) groups is 1. The fourth-order valence-electron chi connectivity index (χ4n) is 4.68. The van der Waals surface area contributed by atoms with E-state index in [1.165, 1.54) is 6.42 Å². The number of benzene rings is 1. The first kappa shape index (κ1) is 20.7. The fraction of sp³-hybridized carbons (Fsp3) is 0.500. The minimum absolute atomic E-state index is 0. The Morgan fingerprint density at radius 3 is 2.36 bits per heavy atom. The number of hydrogen-bond acceptors (Lipinski definition) is 3. The average molecular weight is 404 g/mol. The van der Waals surface area contributed by atoms with Crippen LogP contribution >= 0.6 is 12.4 Å². The van der Waals surface area contributed by atoms with Crippen molar-refractivity contribution in [1.82, 2.24) is 14.8 Å². The third kappa shape index (κ3) is 3.65. The average Bonchev–Trinajstić information content (AvgIpc) is 3.26. The third-order valence-corrected chi connectivity index (χ3v) is 6.44. The van der Waals surface area contributed by atoms with E-state index in [0.29, 0.717) is 5.41 Å². The minimum Gasteiger partial charge on any atom is -0.497 e. The quantitative estimate of drug-likeness (QED) is 0.849. The number of piperidine rings is 1. The van der Waals surface area contributed by atoms with Crippen LogP contribution in [0.1, 0.15) is 41.0 Å². The smallest absolute Gasteiger partial charge is 0.255 e. The molecule has 2 aliphatic heterocycles. The molecule has 1 aromatic carbocycles.